The van der Waals surface area contributed by atoms with Gasteiger partial charge in [-0.15, -0.1) is 0 Å². The average molecular weight is 208 g/mol. The predicted molar refractivity (Wildman–Crippen MR) is 60.7 cm³/mol. The topological polar surface area (TPSA) is 38.0 Å². The van der Waals surface area contributed by atoms with E-state index in [-0.39, 0.29) is 0 Å². The van der Waals surface area contributed by atoms with Gasteiger partial charge in [-0.25, -0.2) is 0 Å². The van der Waals surface area contributed by atoms with E-state index in [1.54, 1.807) is 0 Å². The first kappa shape index (κ1) is 8.72. The summed E-state index contributed by atoms with van der Waals surface area (Å²) in [6.07, 6.45) is 8.76. The number of nitrogens with two attached hydrogens (primary N) is 1. The Kier molecular flexibility index (Phi) is 1.84. The van der Waals surface area contributed by atoms with Crippen molar-refractivity contribution in [1.82, 2.24) is 5.32 Å². The van der Waals surface area contributed by atoms with Crippen molar-refractivity contribution in [2.45, 2.75) is 25.3 Å². The van der Waals surface area contributed by atoms with Gasteiger partial charge < -0.3 is 11.1 Å². The Balaban J connectivity index is 1.76. The Bertz CT molecular complexity index is 300. The molecule has 3 rings (SSSR count). The Hall–Kier alpha value is -0.570. The minimum atomic E-state index is 0.473. The molecule has 3 aliphatic rings. The fraction of sp³-hybridized carbons (Fsp3) is 0.727. The second-order valence-corrected chi connectivity index (χ2v) is 5.36. The fourth-order valence-corrected chi connectivity index (χ4v) is 4.05. The molecule has 0 aliphatic heterocycles. The van der Waals surface area contributed by atoms with Crippen molar-refractivity contribution in [3.05, 3.63) is 12.2 Å². The van der Waals surface area contributed by atoms with Crippen molar-refractivity contribution >= 4 is 17.3 Å². The molecule has 5 atom stereocenters. The van der Waals surface area contributed by atoms with E-state index in [0.717, 1.165) is 23.7 Å². The summed E-state index contributed by atoms with van der Waals surface area (Å²) < 4.78 is 0. The average Bonchev–Trinajstić information content (AvgIpc) is 2.68. The Morgan fingerprint density at radius 1 is 1.36 bits per heavy atom. The standard InChI is InChI=1S/C11H16N2S/c12-11(14)13-10-5-6-4-9(10)8-3-1-2-7(6)8/h1,3,6-10H,2,4-5H2,(H3,12,13,14)/t6-,7+,8-,9-,10-/m1/s1. The third-order valence-electron chi connectivity index (χ3n) is 4.34. The summed E-state index contributed by atoms with van der Waals surface area (Å²) in [4.78, 5) is 0. The molecule has 2 saturated carbocycles. The minimum Gasteiger partial charge on any atom is -0.376 e. The van der Waals surface area contributed by atoms with Gasteiger partial charge in [0.05, 0.1) is 0 Å². The van der Waals surface area contributed by atoms with Crippen LogP contribution in [-0.2, 0) is 0 Å². The molecule has 0 heterocycles. The third kappa shape index (κ3) is 1.11. The molecule has 3 aliphatic carbocycles. The first-order chi connectivity index (χ1) is 6.75. The molecule has 3 N–H and O–H groups in total. The van der Waals surface area contributed by atoms with Crippen LogP contribution in [0, 0.1) is 23.7 Å². The lowest BCUT2D eigenvalue weighted by atomic mass is 9.79. The van der Waals surface area contributed by atoms with Gasteiger partial charge in [-0.1, -0.05) is 12.2 Å². The van der Waals surface area contributed by atoms with Crippen LogP contribution in [0.4, 0.5) is 0 Å². The summed E-state index contributed by atoms with van der Waals surface area (Å²) in [7, 11) is 0. The lowest BCUT2D eigenvalue weighted by molar-refractivity contribution is 0.246. The predicted octanol–water partition coefficient (Wildman–Crippen LogP) is 1.42. The van der Waals surface area contributed by atoms with Crippen LogP contribution in [0.1, 0.15) is 19.3 Å². The van der Waals surface area contributed by atoms with Crippen LogP contribution in [-0.4, -0.2) is 11.2 Å². The van der Waals surface area contributed by atoms with Crippen molar-refractivity contribution in [2.24, 2.45) is 29.4 Å². The summed E-state index contributed by atoms with van der Waals surface area (Å²) in [5, 5.41) is 3.73. The number of fused-ring (bicyclic) bond motifs is 5. The largest absolute Gasteiger partial charge is 0.376 e. The summed E-state index contributed by atoms with van der Waals surface area (Å²) >= 11 is 4.92. The number of nitrogens with one attached hydrogen (secondary N) is 1. The third-order valence-corrected chi connectivity index (χ3v) is 4.45. The highest BCUT2D eigenvalue weighted by atomic mass is 32.1. The van der Waals surface area contributed by atoms with Gasteiger partial charge in [-0.2, -0.15) is 0 Å². The van der Waals surface area contributed by atoms with E-state index < -0.39 is 0 Å². The SMILES string of the molecule is NC(=S)N[C@@H]1C[C@H]2C[C@@H]1[C@@H]1C=CC[C@@H]21. The number of hydrogen-bond acceptors (Lipinski definition) is 1. The molecule has 0 radical (unpaired) electrons. The van der Waals surface area contributed by atoms with Crippen molar-refractivity contribution in [3.8, 4) is 0 Å². The van der Waals surface area contributed by atoms with Crippen molar-refractivity contribution < 1.29 is 0 Å². The first-order valence-electron chi connectivity index (χ1n) is 5.48. The van der Waals surface area contributed by atoms with Crippen LogP contribution in [0.2, 0.25) is 0 Å². The quantitative estimate of drug-likeness (QED) is 0.505. The van der Waals surface area contributed by atoms with Gasteiger partial charge in [0.2, 0.25) is 0 Å². The summed E-state index contributed by atoms with van der Waals surface area (Å²) in [5.74, 6) is 3.49. The molecule has 0 aromatic heterocycles. The molecular weight excluding hydrogens is 192 g/mol. The van der Waals surface area contributed by atoms with Gasteiger partial charge in [0.15, 0.2) is 5.11 Å². The summed E-state index contributed by atoms with van der Waals surface area (Å²) in [6.45, 7) is 0. The highest BCUT2D eigenvalue weighted by molar-refractivity contribution is 7.80. The van der Waals surface area contributed by atoms with Gasteiger partial charge >= 0.3 is 0 Å². The first-order valence-corrected chi connectivity index (χ1v) is 5.89. The number of rotatable bonds is 1. The normalized spacial score (nSPS) is 48.1. The van der Waals surface area contributed by atoms with E-state index in [9.17, 15) is 0 Å². The highest BCUT2D eigenvalue weighted by Crippen LogP contribution is 2.56. The molecule has 0 saturated heterocycles. The number of hydrogen-bond donors (Lipinski definition) is 2. The highest BCUT2D eigenvalue weighted by Gasteiger charge is 2.52. The molecular formula is C11H16N2S. The second-order valence-electron chi connectivity index (χ2n) is 4.92. The van der Waals surface area contributed by atoms with Crippen LogP contribution in [0.25, 0.3) is 0 Å². The van der Waals surface area contributed by atoms with E-state index in [1.807, 2.05) is 0 Å². The number of thiocarbonyl (C=S) groups is 1. The van der Waals surface area contributed by atoms with Crippen molar-refractivity contribution in [2.75, 3.05) is 0 Å². The lowest BCUT2D eigenvalue weighted by Gasteiger charge is -2.31. The van der Waals surface area contributed by atoms with Crippen molar-refractivity contribution in [1.29, 1.82) is 0 Å². The lowest BCUT2D eigenvalue weighted by Crippen LogP contribution is -2.44. The zero-order chi connectivity index (χ0) is 9.71. The van der Waals surface area contributed by atoms with E-state index in [0.29, 0.717) is 11.2 Å². The maximum Gasteiger partial charge on any atom is 0.163 e. The van der Waals surface area contributed by atoms with E-state index in [4.69, 9.17) is 18.0 Å². The van der Waals surface area contributed by atoms with Gasteiger partial charge in [-0.05, 0) is 55.2 Å². The van der Waals surface area contributed by atoms with Gasteiger partial charge in [0, 0.05) is 6.04 Å². The maximum absolute atomic E-state index is 5.54. The van der Waals surface area contributed by atoms with Crippen LogP contribution in [0.15, 0.2) is 12.2 Å². The van der Waals surface area contributed by atoms with E-state index in [1.165, 1.54) is 19.3 Å². The molecule has 3 heteroatoms. The van der Waals surface area contributed by atoms with Crippen LogP contribution < -0.4 is 11.1 Å². The zero-order valence-electron chi connectivity index (χ0n) is 8.15. The van der Waals surface area contributed by atoms with Gasteiger partial charge in [0.25, 0.3) is 0 Å². The Morgan fingerprint density at radius 3 is 3.00 bits per heavy atom. The Morgan fingerprint density at radius 2 is 2.21 bits per heavy atom. The maximum atomic E-state index is 5.54. The zero-order valence-corrected chi connectivity index (χ0v) is 8.96. The van der Waals surface area contributed by atoms with Crippen LogP contribution >= 0.6 is 12.2 Å². The molecule has 0 unspecified atom stereocenters. The Labute approximate surface area is 89.9 Å². The molecule has 0 aromatic carbocycles. The van der Waals surface area contributed by atoms with E-state index >= 15 is 0 Å². The van der Waals surface area contributed by atoms with Gasteiger partial charge in [-0.3, -0.25) is 0 Å². The summed E-state index contributed by atoms with van der Waals surface area (Å²) in [5.41, 5.74) is 5.54. The number of allylic oxidation sites excluding steroid dienone is 2. The monoisotopic (exact) mass is 208 g/mol. The fourth-order valence-electron chi connectivity index (χ4n) is 3.89. The molecule has 0 aromatic rings. The molecule has 76 valence electrons. The molecule has 14 heavy (non-hydrogen) atoms. The van der Waals surface area contributed by atoms with E-state index in [2.05, 4.69) is 17.5 Å². The van der Waals surface area contributed by atoms with Crippen LogP contribution in [0.5, 0.6) is 0 Å². The molecule has 0 amide bonds. The molecule has 2 fully saturated rings. The van der Waals surface area contributed by atoms with Gasteiger partial charge in [0.1, 0.15) is 0 Å². The van der Waals surface area contributed by atoms with Crippen molar-refractivity contribution in [3.63, 3.8) is 0 Å². The molecule has 0 spiro atoms. The molecule has 2 bridgehead atoms. The van der Waals surface area contributed by atoms with Crippen LogP contribution in [0.3, 0.4) is 0 Å². The smallest absolute Gasteiger partial charge is 0.163 e. The minimum absolute atomic E-state index is 0.473. The second kappa shape index (κ2) is 2.96. The molecule has 2 nitrogen and oxygen atoms in total. The summed E-state index contributed by atoms with van der Waals surface area (Å²) in [6, 6.07) is 0.557.